The Morgan fingerprint density at radius 2 is 2.04 bits per heavy atom. The summed E-state index contributed by atoms with van der Waals surface area (Å²) in [5, 5.41) is 11.6. The van der Waals surface area contributed by atoms with Crippen LogP contribution in [0.15, 0.2) is 33.3 Å². The van der Waals surface area contributed by atoms with Crippen LogP contribution in [0.5, 0.6) is 0 Å². The highest BCUT2D eigenvalue weighted by Crippen LogP contribution is 2.38. The summed E-state index contributed by atoms with van der Waals surface area (Å²) >= 11 is 3.03. The third kappa shape index (κ3) is 2.96. The van der Waals surface area contributed by atoms with Gasteiger partial charge in [0, 0.05) is 17.1 Å². The molecule has 0 aromatic carbocycles. The van der Waals surface area contributed by atoms with E-state index in [2.05, 4.69) is 11.1 Å². The number of rotatable bonds is 3. The zero-order chi connectivity index (χ0) is 19.1. The third-order valence-electron chi connectivity index (χ3n) is 5.76. The molecule has 0 atom stereocenters. The van der Waals surface area contributed by atoms with Crippen molar-refractivity contribution in [2.24, 2.45) is 0 Å². The molecule has 0 amide bonds. The number of aromatic nitrogens is 3. The first kappa shape index (κ1) is 17.9. The van der Waals surface area contributed by atoms with Crippen LogP contribution in [0.3, 0.4) is 0 Å². The van der Waals surface area contributed by atoms with Crippen molar-refractivity contribution in [2.45, 2.75) is 67.6 Å². The van der Waals surface area contributed by atoms with Crippen LogP contribution in [0, 0.1) is 11.3 Å². The molecular weight excluding hydrogens is 388 g/mol. The van der Waals surface area contributed by atoms with Crippen LogP contribution in [0.2, 0.25) is 0 Å². The summed E-state index contributed by atoms with van der Waals surface area (Å²) in [5.74, 6) is 0. The highest BCUT2D eigenvalue weighted by atomic mass is 32.2. The molecule has 0 spiro atoms. The minimum atomic E-state index is 0.105. The lowest BCUT2D eigenvalue weighted by atomic mass is 9.97. The number of thiophene rings is 1. The maximum atomic E-state index is 13.6. The van der Waals surface area contributed by atoms with Crippen LogP contribution in [0.4, 0.5) is 0 Å². The molecule has 1 saturated carbocycles. The molecule has 142 valence electrons. The van der Waals surface area contributed by atoms with E-state index < -0.39 is 0 Å². The van der Waals surface area contributed by atoms with E-state index in [1.165, 1.54) is 28.6 Å². The second-order valence-electron chi connectivity index (χ2n) is 7.47. The smallest absolute Gasteiger partial charge is 0.263 e. The molecule has 3 aromatic heterocycles. The van der Waals surface area contributed by atoms with Gasteiger partial charge < -0.3 is 0 Å². The van der Waals surface area contributed by atoms with Crippen molar-refractivity contribution >= 4 is 33.3 Å². The molecule has 3 heterocycles. The Balaban J connectivity index is 1.72. The maximum Gasteiger partial charge on any atom is 0.263 e. The molecule has 2 aliphatic rings. The molecule has 0 saturated heterocycles. The Kier molecular flexibility index (Phi) is 4.69. The monoisotopic (exact) mass is 408 g/mol. The lowest BCUT2D eigenvalue weighted by molar-refractivity contribution is 0.457. The van der Waals surface area contributed by atoms with E-state index in [0.29, 0.717) is 15.7 Å². The van der Waals surface area contributed by atoms with Crippen molar-refractivity contribution in [3.8, 4) is 6.07 Å². The Labute approximate surface area is 171 Å². The first-order chi connectivity index (χ1) is 13.8. The molecule has 5 rings (SSSR count). The standard InChI is InChI=1S/C21H20N4OS2/c22-12-13-6-5-11-23-18(13)28-21-24-19-17(15-9-3-4-10-16(15)27-19)20(26)25(21)14-7-1-2-8-14/h5-6,11,14H,1-4,7-10H2. The number of aryl methyl sites for hydroxylation is 2. The maximum absolute atomic E-state index is 13.6. The molecule has 0 aliphatic heterocycles. The van der Waals surface area contributed by atoms with Gasteiger partial charge >= 0.3 is 0 Å². The minimum Gasteiger partial charge on any atom is -0.284 e. The van der Waals surface area contributed by atoms with E-state index in [4.69, 9.17) is 4.98 Å². The SMILES string of the molecule is N#Cc1cccnc1Sc1nc2sc3c(c2c(=O)n1C1CCCC1)CCCC3. The van der Waals surface area contributed by atoms with Gasteiger partial charge in [-0.1, -0.05) is 12.8 Å². The molecule has 0 unspecified atom stereocenters. The zero-order valence-electron chi connectivity index (χ0n) is 15.5. The molecule has 5 nitrogen and oxygen atoms in total. The summed E-state index contributed by atoms with van der Waals surface area (Å²) < 4.78 is 1.91. The largest absolute Gasteiger partial charge is 0.284 e. The van der Waals surface area contributed by atoms with Gasteiger partial charge in [-0.25, -0.2) is 9.97 Å². The van der Waals surface area contributed by atoms with Crippen molar-refractivity contribution < 1.29 is 0 Å². The molecule has 7 heteroatoms. The van der Waals surface area contributed by atoms with E-state index in [1.807, 2.05) is 4.57 Å². The van der Waals surface area contributed by atoms with Crippen LogP contribution in [0.1, 0.15) is 60.6 Å². The van der Waals surface area contributed by atoms with Gasteiger partial charge in [0.15, 0.2) is 5.16 Å². The normalized spacial score (nSPS) is 17.0. The van der Waals surface area contributed by atoms with E-state index in [0.717, 1.165) is 55.2 Å². The van der Waals surface area contributed by atoms with Crippen LogP contribution in [-0.4, -0.2) is 14.5 Å². The molecule has 0 bridgehead atoms. The number of pyridine rings is 1. The summed E-state index contributed by atoms with van der Waals surface area (Å²) in [6.45, 7) is 0. The first-order valence-electron chi connectivity index (χ1n) is 9.86. The van der Waals surface area contributed by atoms with Crippen LogP contribution in [-0.2, 0) is 12.8 Å². The second-order valence-corrected chi connectivity index (χ2v) is 9.51. The summed E-state index contributed by atoms with van der Waals surface area (Å²) in [7, 11) is 0. The van der Waals surface area contributed by atoms with Crippen molar-refractivity contribution in [1.29, 1.82) is 5.26 Å². The van der Waals surface area contributed by atoms with Gasteiger partial charge in [0.25, 0.3) is 5.56 Å². The van der Waals surface area contributed by atoms with Crippen molar-refractivity contribution in [2.75, 3.05) is 0 Å². The van der Waals surface area contributed by atoms with Crippen molar-refractivity contribution in [3.05, 3.63) is 44.7 Å². The Morgan fingerprint density at radius 1 is 1.21 bits per heavy atom. The number of nitriles is 1. The second kappa shape index (κ2) is 7.34. The van der Waals surface area contributed by atoms with Gasteiger partial charge in [0.1, 0.15) is 15.9 Å². The van der Waals surface area contributed by atoms with E-state index >= 15 is 0 Å². The fourth-order valence-corrected chi connectivity index (χ4v) is 6.69. The van der Waals surface area contributed by atoms with Crippen LogP contribution < -0.4 is 5.56 Å². The fourth-order valence-electron chi connectivity index (χ4n) is 4.40. The summed E-state index contributed by atoms with van der Waals surface area (Å²) in [5.41, 5.74) is 1.86. The predicted molar refractivity (Wildman–Crippen MR) is 111 cm³/mol. The van der Waals surface area contributed by atoms with Gasteiger partial charge in [-0.15, -0.1) is 11.3 Å². The third-order valence-corrected chi connectivity index (χ3v) is 7.93. The van der Waals surface area contributed by atoms with Crippen LogP contribution in [0.25, 0.3) is 10.2 Å². The van der Waals surface area contributed by atoms with E-state index in [-0.39, 0.29) is 11.6 Å². The number of nitrogens with zero attached hydrogens (tertiary/aromatic N) is 4. The summed E-state index contributed by atoms with van der Waals surface area (Å²) in [4.78, 5) is 25.2. The van der Waals surface area contributed by atoms with Crippen molar-refractivity contribution in [3.63, 3.8) is 0 Å². The van der Waals surface area contributed by atoms with Crippen LogP contribution >= 0.6 is 23.1 Å². The fraction of sp³-hybridized carbons (Fsp3) is 0.429. The van der Waals surface area contributed by atoms with Gasteiger partial charge in [0.2, 0.25) is 0 Å². The van der Waals surface area contributed by atoms with Gasteiger partial charge in [-0.2, -0.15) is 5.26 Å². The predicted octanol–water partition coefficient (Wildman–Crippen LogP) is 4.87. The average molecular weight is 409 g/mol. The Bertz CT molecular complexity index is 1150. The lowest BCUT2D eigenvalue weighted by Gasteiger charge is -2.18. The average Bonchev–Trinajstić information content (AvgIpc) is 3.36. The van der Waals surface area contributed by atoms with E-state index in [9.17, 15) is 10.1 Å². The molecule has 3 aromatic rings. The summed E-state index contributed by atoms with van der Waals surface area (Å²) in [6.07, 6.45) is 10.4. The highest BCUT2D eigenvalue weighted by molar-refractivity contribution is 7.99. The first-order valence-corrected chi connectivity index (χ1v) is 11.5. The lowest BCUT2D eigenvalue weighted by Crippen LogP contribution is -2.26. The van der Waals surface area contributed by atoms with Gasteiger partial charge in [-0.05, 0) is 68.0 Å². The Morgan fingerprint density at radius 3 is 2.86 bits per heavy atom. The van der Waals surface area contributed by atoms with Gasteiger partial charge in [-0.3, -0.25) is 9.36 Å². The zero-order valence-corrected chi connectivity index (χ0v) is 17.1. The molecule has 1 fully saturated rings. The minimum absolute atomic E-state index is 0.105. The molecule has 2 aliphatic carbocycles. The molecular formula is C21H20N4OS2. The van der Waals surface area contributed by atoms with Gasteiger partial charge in [0.05, 0.1) is 10.9 Å². The highest BCUT2D eigenvalue weighted by Gasteiger charge is 2.27. The topological polar surface area (TPSA) is 71.6 Å². The molecule has 28 heavy (non-hydrogen) atoms. The number of fused-ring (bicyclic) bond motifs is 3. The number of hydrogen-bond donors (Lipinski definition) is 0. The quantitative estimate of drug-likeness (QED) is 0.578. The molecule has 0 N–H and O–H groups in total. The van der Waals surface area contributed by atoms with Crippen molar-refractivity contribution in [1.82, 2.24) is 14.5 Å². The van der Waals surface area contributed by atoms with E-state index in [1.54, 1.807) is 29.7 Å². The molecule has 0 radical (unpaired) electrons. The number of hydrogen-bond acceptors (Lipinski definition) is 6. The summed E-state index contributed by atoms with van der Waals surface area (Å²) in [6, 6.07) is 5.92. The Hall–Kier alpha value is -2.17.